The molecule has 0 aliphatic carbocycles. The fraction of sp³-hybridized carbons (Fsp3) is 0.316. The summed E-state index contributed by atoms with van der Waals surface area (Å²) in [4.78, 5) is 14.0. The van der Waals surface area contributed by atoms with Crippen molar-refractivity contribution in [2.75, 3.05) is 31.6 Å². The van der Waals surface area contributed by atoms with Gasteiger partial charge in [-0.2, -0.15) is 0 Å². The van der Waals surface area contributed by atoms with Gasteiger partial charge in [0.15, 0.2) is 0 Å². The number of anilines is 1. The van der Waals surface area contributed by atoms with E-state index in [0.29, 0.717) is 11.6 Å². The number of piperazine rings is 1. The molecule has 1 fully saturated rings. The monoisotopic (exact) mass is 310 g/mol. The Bertz CT molecular complexity index is 657. The van der Waals surface area contributed by atoms with Crippen molar-refractivity contribution in [2.24, 2.45) is 0 Å². The van der Waals surface area contributed by atoms with Crippen LogP contribution in [-0.4, -0.2) is 38.8 Å². The molecule has 2 aromatic carbocycles. The fourth-order valence-electron chi connectivity index (χ4n) is 3.04. The first-order chi connectivity index (χ1) is 11.3. The zero-order valence-corrected chi connectivity index (χ0v) is 13.4. The lowest BCUT2D eigenvalue weighted by atomic mass is 10.0. The van der Waals surface area contributed by atoms with Crippen molar-refractivity contribution in [1.29, 1.82) is 0 Å². The van der Waals surface area contributed by atoms with Gasteiger partial charge in [0.05, 0.1) is 12.7 Å². The molecule has 4 heteroatoms. The number of rotatable bonds is 4. The zero-order valence-electron chi connectivity index (χ0n) is 13.4. The standard InChI is InChI=1S/C19H22N2O2/c1-23-19(22)16-8-5-9-18(13-16)21-11-10-20-17(14-21)12-15-6-3-2-4-7-15/h2-9,13,17,20H,10-12,14H2,1H3/t17-/m0/s1. The molecule has 4 nitrogen and oxygen atoms in total. The summed E-state index contributed by atoms with van der Waals surface area (Å²) in [6, 6.07) is 18.6. The summed E-state index contributed by atoms with van der Waals surface area (Å²) in [7, 11) is 1.41. The van der Waals surface area contributed by atoms with Crippen molar-refractivity contribution in [3.63, 3.8) is 0 Å². The van der Waals surface area contributed by atoms with E-state index in [4.69, 9.17) is 4.74 Å². The Labute approximate surface area is 137 Å². The van der Waals surface area contributed by atoms with Gasteiger partial charge < -0.3 is 15.0 Å². The summed E-state index contributed by atoms with van der Waals surface area (Å²) in [5.41, 5.74) is 3.02. The van der Waals surface area contributed by atoms with Crippen molar-refractivity contribution in [1.82, 2.24) is 5.32 Å². The van der Waals surface area contributed by atoms with Crippen LogP contribution in [0.5, 0.6) is 0 Å². The molecule has 0 unspecified atom stereocenters. The minimum absolute atomic E-state index is 0.289. The van der Waals surface area contributed by atoms with Crippen LogP contribution in [0.4, 0.5) is 5.69 Å². The highest BCUT2D eigenvalue weighted by Crippen LogP contribution is 2.19. The highest BCUT2D eigenvalue weighted by Gasteiger charge is 2.20. The van der Waals surface area contributed by atoms with Gasteiger partial charge in [-0.1, -0.05) is 36.4 Å². The third kappa shape index (κ3) is 3.90. The van der Waals surface area contributed by atoms with Crippen molar-refractivity contribution in [2.45, 2.75) is 12.5 Å². The van der Waals surface area contributed by atoms with E-state index >= 15 is 0 Å². The molecule has 2 aromatic rings. The molecule has 1 aliphatic rings. The molecule has 1 N–H and O–H groups in total. The van der Waals surface area contributed by atoms with Crippen molar-refractivity contribution in [3.8, 4) is 0 Å². The Hall–Kier alpha value is -2.33. The molecule has 3 rings (SSSR count). The highest BCUT2D eigenvalue weighted by atomic mass is 16.5. The van der Waals surface area contributed by atoms with Crippen LogP contribution in [-0.2, 0) is 11.2 Å². The Morgan fingerprint density at radius 3 is 2.83 bits per heavy atom. The first kappa shape index (κ1) is 15.6. The van der Waals surface area contributed by atoms with Crippen molar-refractivity contribution < 1.29 is 9.53 Å². The summed E-state index contributed by atoms with van der Waals surface area (Å²) in [6.07, 6.45) is 1.01. The summed E-state index contributed by atoms with van der Waals surface area (Å²) < 4.78 is 4.81. The third-order valence-electron chi connectivity index (χ3n) is 4.21. The number of ether oxygens (including phenoxy) is 1. The van der Waals surface area contributed by atoms with Crippen molar-refractivity contribution in [3.05, 3.63) is 65.7 Å². The van der Waals surface area contributed by atoms with Gasteiger partial charge in [0, 0.05) is 31.4 Å². The van der Waals surface area contributed by atoms with E-state index in [0.717, 1.165) is 31.7 Å². The molecule has 1 aliphatic heterocycles. The largest absolute Gasteiger partial charge is 0.465 e. The maximum Gasteiger partial charge on any atom is 0.337 e. The lowest BCUT2D eigenvalue weighted by Crippen LogP contribution is -2.51. The predicted octanol–water partition coefficient (Wildman–Crippen LogP) is 2.49. The molecule has 0 radical (unpaired) electrons. The molecule has 1 saturated heterocycles. The predicted molar refractivity (Wildman–Crippen MR) is 91.9 cm³/mol. The van der Waals surface area contributed by atoms with Crippen LogP contribution in [0.25, 0.3) is 0 Å². The van der Waals surface area contributed by atoms with Gasteiger partial charge in [-0.05, 0) is 30.2 Å². The summed E-state index contributed by atoms with van der Waals surface area (Å²) >= 11 is 0. The number of nitrogens with zero attached hydrogens (tertiary/aromatic N) is 1. The normalized spacial score (nSPS) is 17.8. The van der Waals surface area contributed by atoms with E-state index < -0.39 is 0 Å². The molecule has 0 amide bonds. The van der Waals surface area contributed by atoms with Gasteiger partial charge in [-0.15, -0.1) is 0 Å². The Morgan fingerprint density at radius 2 is 2.04 bits per heavy atom. The first-order valence-corrected chi connectivity index (χ1v) is 7.97. The van der Waals surface area contributed by atoms with Gasteiger partial charge in [0.25, 0.3) is 0 Å². The molecule has 1 atom stereocenters. The Balaban J connectivity index is 1.70. The van der Waals surface area contributed by atoms with Crippen LogP contribution >= 0.6 is 0 Å². The number of esters is 1. The Kier molecular flexibility index (Phi) is 4.93. The number of benzene rings is 2. The van der Waals surface area contributed by atoms with E-state index in [1.807, 2.05) is 18.2 Å². The molecule has 120 valence electrons. The molecular weight excluding hydrogens is 288 g/mol. The van der Waals surface area contributed by atoms with E-state index in [-0.39, 0.29) is 5.97 Å². The van der Waals surface area contributed by atoms with Gasteiger partial charge >= 0.3 is 5.97 Å². The second-order valence-electron chi connectivity index (χ2n) is 5.83. The van der Waals surface area contributed by atoms with Crippen LogP contribution in [0.15, 0.2) is 54.6 Å². The Morgan fingerprint density at radius 1 is 1.22 bits per heavy atom. The van der Waals surface area contributed by atoms with Gasteiger partial charge in [0.1, 0.15) is 0 Å². The topological polar surface area (TPSA) is 41.6 Å². The number of hydrogen-bond donors (Lipinski definition) is 1. The maximum absolute atomic E-state index is 11.7. The van der Waals surface area contributed by atoms with Crippen LogP contribution in [0.1, 0.15) is 15.9 Å². The summed E-state index contributed by atoms with van der Waals surface area (Å²) in [6.45, 7) is 2.81. The van der Waals surface area contributed by atoms with Gasteiger partial charge in [0.2, 0.25) is 0 Å². The molecule has 0 aromatic heterocycles. The third-order valence-corrected chi connectivity index (χ3v) is 4.21. The molecule has 1 heterocycles. The zero-order chi connectivity index (χ0) is 16.1. The molecule has 0 spiro atoms. The average Bonchev–Trinajstić information content (AvgIpc) is 2.62. The SMILES string of the molecule is COC(=O)c1cccc(N2CCN[C@@H](Cc3ccccc3)C2)c1. The second kappa shape index (κ2) is 7.29. The minimum atomic E-state index is -0.289. The number of methoxy groups -OCH3 is 1. The minimum Gasteiger partial charge on any atom is -0.465 e. The quantitative estimate of drug-likeness (QED) is 0.881. The van der Waals surface area contributed by atoms with Crippen LogP contribution < -0.4 is 10.2 Å². The van der Waals surface area contributed by atoms with E-state index in [1.165, 1.54) is 12.7 Å². The number of carbonyl (C=O) groups excluding carboxylic acids is 1. The lowest BCUT2D eigenvalue weighted by Gasteiger charge is -2.35. The van der Waals surface area contributed by atoms with E-state index in [9.17, 15) is 4.79 Å². The van der Waals surface area contributed by atoms with E-state index in [2.05, 4.69) is 40.5 Å². The van der Waals surface area contributed by atoms with Gasteiger partial charge in [-0.25, -0.2) is 4.79 Å². The molecule has 0 bridgehead atoms. The van der Waals surface area contributed by atoms with Crippen molar-refractivity contribution >= 4 is 11.7 Å². The number of nitrogens with one attached hydrogen (secondary N) is 1. The molecular formula is C19H22N2O2. The second-order valence-corrected chi connectivity index (χ2v) is 5.83. The summed E-state index contributed by atoms with van der Waals surface area (Å²) in [5.74, 6) is -0.289. The van der Waals surface area contributed by atoms with Crippen LogP contribution in [0.3, 0.4) is 0 Å². The lowest BCUT2D eigenvalue weighted by molar-refractivity contribution is 0.0601. The first-order valence-electron chi connectivity index (χ1n) is 7.97. The molecule has 23 heavy (non-hydrogen) atoms. The molecule has 0 saturated carbocycles. The van der Waals surface area contributed by atoms with E-state index in [1.54, 1.807) is 6.07 Å². The van der Waals surface area contributed by atoms with Crippen LogP contribution in [0.2, 0.25) is 0 Å². The average molecular weight is 310 g/mol. The van der Waals surface area contributed by atoms with Crippen LogP contribution in [0, 0.1) is 0 Å². The number of carbonyl (C=O) groups is 1. The van der Waals surface area contributed by atoms with Gasteiger partial charge in [-0.3, -0.25) is 0 Å². The summed E-state index contributed by atoms with van der Waals surface area (Å²) in [5, 5.41) is 3.58. The smallest absolute Gasteiger partial charge is 0.337 e. The number of hydrogen-bond acceptors (Lipinski definition) is 4. The fourth-order valence-corrected chi connectivity index (χ4v) is 3.04. The highest BCUT2D eigenvalue weighted by molar-refractivity contribution is 5.90. The maximum atomic E-state index is 11.7.